The van der Waals surface area contributed by atoms with Crippen molar-refractivity contribution in [2.24, 2.45) is 5.11 Å². The molecule has 1 aliphatic rings. The second-order valence-corrected chi connectivity index (χ2v) is 7.34. The van der Waals surface area contributed by atoms with Crippen LogP contribution in [0.2, 0.25) is 0 Å². The van der Waals surface area contributed by atoms with Crippen molar-refractivity contribution < 1.29 is 14.2 Å². The van der Waals surface area contributed by atoms with Crippen LogP contribution in [-0.2, 0) is 9.30 Å². The first kappa shape index (κ1) is 17.6. The maximum Gasteiger partial charge on any atom is 0.330 e. The van der Waals surface area contributed by atoms with Crippen LogP contribution >= 0.6 is 7.25 Å². The highest BCUT2D eigenvalue weighted by molar-refractivity contribution is 7.82. The molecular weight excluding hydrogens is 324 g/mol. The molecule has 0 aliphatic carbocycles. The van der Waals surface area contributed by atoms with Crippen molar-refractivity contribution >= 4 is 14.8 Å². The molecule has 2 heterocycles. The summed E-state index contributed by atoms with van der Waals surface area (Å²) in [6, 6.07) is -0.601. The van der Waals surface area contributed by atoms with E-state index in [-0.39, 0.29) is 19.0 Å². The van der Waals surface area contributed by atoms with E-state index in [2.05, 4.69) is 15.0 Å². The molecule has 1 aromatic heterocycles. The Labute approximate surface area is 131 Å². The molecule has 0 aromatic carbocycles. The molecule has 10 nitrogen and oxygen atoms in total. The number of azide groups is 1. The van der Waals surface area contributed by atoms with Crippen LogP contribution < -0.4 is 11.2 Å². The average Bonchev–Trinajstić information content (AvgIpc) is 2.83. The van der Waals surface area contributed by atoms with Crippen molar-refractivity contribution in [1.29, 1.82) is 0 Å². The van der Waals surface area contributed by atoms with Gasteiger partial charge in [-0.1, -0.05) is 5.11 Å². The summed E-state index contributed by atoms with van der Waals surface area (Å²) in [5.41, 5.74) is 7.82. The number of ether oxygens (including phenoxy) is 1. The first-order valence-corrected chi connectivity index (χ1v) is 8.75. The zero-order valence-corrected chi connectivity index (χ0v) is 13.2. The van der Waals surface area contributed by atoms with E-state index in [9.17, 15) is 14.2 Å². The van der Waals surface area contributed by atoms with Gasteiger partial charge in [0.05, 0.1) is 12.1 Å². The van der Waals surface area contributed by atoms with E-state index < -0.39 is 36.9 Å². The third-order valence-electron chi connectivity index (χ3n) is 3.59. The first-order valence-electron chi connectivity index (χ1n) is 6.83. The summed E-state index contributed by atoms with van der Waals surface area (Å²) in [6.07, 6.45) is 0.110. The smallest absolute Gasteiger partial charge is 0.330 e. The standard InChI is InChI=1S/C11H15BN5O5P/c1-6-5-17(11(19)14-10(6)18)9-4-7(15-16-13)8(22-9)2-3-23(12,20)21/h5,7-9H,2-4H2,1H3,(H,20,21)(H,14,18,19)/t7?,8-,9-/m1/s1. The van der Waals surface area contributed by atoms with Crippen molar-refractivity contribution in [3.8, 4) is 0 Å². The number of rotatable bonds is 5. The predicted octanol–water partition coefficient (Wildman–Crippen LogP) is 0.555. The predicted molar refractivity (Wildman–Crippen MR) is 82.6 cm³/mol. The van der Waals surface area contributed by atoms with E-state index in [4.69, 9.17) is 22.7 Å². The molecular formula is C11H15BN5O5P. The van der Waals surface area contributed by atoms with Gasteiger partial charge >= 0.3 is 5.69 Å². The second-order valence-electron chi connectivity index (χ2n) is 5.38. The number of hydrogen-bond donors (Lipinski definition) is 2. The fraction of sp³-hybridized carbons (Fsp3) is 0.636. The van der Waals surface area contributed by atoms with E-state index in [1.165, 1.54) is 10.8 Å². The van der Waals surface area contributed by atoms with Crippen LogP contribution in [0.1, 0.15) is 24.6 Å². The van der Waals surface area contributed by atoms with Crippen LogP contribution in [0.15, 0.2) is 20.9 Å². The molecule has 1 saturated heterocycles. The van der Waals surface area contributed by atoms with Crippen LogP contribution in [0.3, 0.4) is 0 Å². The minimum Gasteiger partial charge on any atom is -0.354 e. The summed E-state index contributed by atoms with van der Waals surface area (Å²) in [7, 11) is 1.39. The molecule has 0 bridgehead atoms. The van der Waals surface area contributed by atoms with Gasteiger partial charge in [-0.15, -0.1) is 0 Å². The Morgan fingerprint density at radius 2 is 2.35 bits per heavy atom. The topological polar surface area (TPSA) is 150 Å². The molecule has 2 N–H and O–H groups in total. The lowest BCUT2D eigenvalue weighted by Gasteiger charge is -2.17. The Kier molecular flexibility index (Phi) is 5.16. The van der Waals surface area contributed by atoms with Gasteiger partial charge < -0.3 is 14.2 Å². The normalized spacial score (nSPS) is 26.4. The van der Waals surface area contributed by atoms with Gasteiger partial charge in [0.25, 0.3) is 5.56 Å². The van der Waals surface area contributed by atoms with Gasteiger partial charge in [-0.2, -0.15) is 0 Å². The van der Waals surface area contributed by atoms with Crippen LogP contribution in [0.5, 0.6) is 0 Å². The molecule has 23 heavy (non-hydrogen) atoms. The van der Waals surface area contributed by atoms with Crippen molar-refractivity contribution in [1.82, 2.24) is 9.55 Å². The second kappa shape index (κ2) is 6.76. The number of aromatic nitrogens is 2. The molecule has 0 amide bonds. The Morgan fingerprint density at radius 3 is 2.96 bits per heavy atom. The van der Waals surface area contributed by atoms with E-state index in [1.54, 1.807) is 6.92 Å². The van der Waals surface area contributed by atoms with Crippen LogP contribution in [0.4, 0.5) is 0 Å². The Balaban J connectivity index is 2.24. The molecule has 0 saturated carbocycles. The average molecular weight is 339 g/mol. The summed E-state index contributed by atoms with van der Waals surface area (Å²) in [5, 5.41) is 3.61. The number of nitrogens with zero attached hydrogens (tertiary/aromatic N) is 4. The SMILES string of the molecule is [B]P(=O)(O)CC[C@H]1O[C@@H](n2cc(C)c(=O)[nH]c2=O)CC1N=[N+]=[N-]. The quantitative estimate of drug-likeness (QED) is 0.264. The zero-order chi connectivity index (χ0) is 17.2. The van der Waals surface area contributed by atoms with Gasteiger partial charge in [-0.25, -0.2) is 4.79 Å². The molecule has 4 atom stereocenters. The Bertz CT molecular complexity index is 795. The number of nitrogens with one attached hydrogen (secondary N) is 1. The first-order chi connectivity index (χ1) is 10.7. The van der Waals surface area contributed by atoms with Gasteiger partial charge in [-0.05, 0) is 18.9 Å². The van der Waals surface area contributed by atoms with Gasteiger partial charge in [0.2, 0.25) is 7.57 Å². The minimum atomic E-state index is -3.71. The van der Waals surface area contributed by atoms with E-state index in [0.717, 1.165) is 0 Å². The van der Waals surface area contributed by atoms with Crippen LogP contribution in [-0.4, -0.2) is 40.3 Å². The van der Waals surface area contributed by atoms with Crippen molar-refractivity contribution in [3.63, 3.8) is 0 Å². The summed E-state index contributed by atoms with van der Waals surface area (Å²) >= 11 is 0. The third kappa shape index (κ3) is 4.36. The molecule has 1 aliphatic heterocycles. The molecule has 12 heteroatoms. The molecule has 0 spiro atoms. The molecule has 2 radical (unpaired) electrons. The maximum atomic E-state index is 11.9. The number of hydrogen-bond acceptors (Lipinski definition) is 5. The molecule has 2 rings (SSSR count). The third-order valence-corrected chi connectivity index (χ3v) is 4.49. The number of aromatic amines is 1. The van der Waals surface area contributed by atoms with Crippen molar-refractivity contribution in [3.05, 3.63) is 43.0 Å². The Hall–Kier alpha value is -1.80. The van der Waals surface area contributed by atoms with Crippen molar-refractivity contribution in [2.75, 3.05) is 6.16 Å². The molecule has 122 valence electrons. The van der Waals surface area contributed by atoms with E-state index >= 15 is 0 Å². The summed E-state index contributed by atoms with van der Waals surface area (Å²) in [5.74, 6) is 0. The number of aryl methyl sites for hydroxylation is 1. The lowest BCUT2D eigenvalue weighted by atomic mass is 10.1. The van der Waals surface area contributed by atoms with Gasteiger partial charge in [0.15, 0.2) is 0 Å². The Morgan fingerprint density at radius 1 is 1.65 bits per heavy atom. The molecule has 2 unspecified atom stereocenters. The van der Waals surface area contributed by atoms with E-state index in [0.29, 0.717) is 5.56 Å². The van der Waals surface area contributed by atoms with Crippen LogP contribution in [0, 0.1) is 6.92 Å². The summed E-state index contributed by atoms with van der Waals surface area (Å²) < 4.78 is 18.1. The van der Waals surface area contributed by atoms with Gasteiger partial charge in [-0.3, -0.25) is 14.3 Å². The fourth-order valence-corrected chi connectivity index (χ4v) is 3.07. The molecule has 1 fully saturated rings. The lowest BCUT2D eigenvalue weighted by molar-refractivity contribution is -0.00398. The monoisotopic (exact) mass is 339 g/mol. The lowest BCUT2D eigenvalue weighted by Crippen LogP contribution is -2.33. The highest BCUT2D eigenvalue weighted by Crippen LogP contribution is 2.39. The van der Waals surface area contributed by atoms with Crippen molar-refractivity contribution in [2.45, 2.75) is 38.1 Å². The minimum absolute atomic E-state index is 0.113. The maximum absolute atomic E-state index is 11.9. The largest absolute Gasteiger partial charge is 0.354 e. The fourth-order valence-electron chi connectivity index (χ4n) is 2.45. The highest BCUT2D eigenvalue weighted by atomic mass is 31.2. The van der Waals surface area contributed by atoms with E-state index in [1.807, 2.05) is 0 Å². The van der Waals surface area contributed by atoms with Gasteiger partial charge in [0, 0.05) is 29.3 Å². The van der Waals surface area contributed by atoms with Crippen LogP contribution in [0.25, 0.3) is 10.4 Å². The summed E-state index contributed by atoms with van der Waals surface area (Å²) in [4.78, 5) is 37.4. The summed E-state index contributed by atoms with van der Waals surface area (Å²) in [6.45, 7) is 1.54. The number of H-pyrrole nitrogens is 1. The zero-order valence-electron chi connectivity index (χ0n) is 12.3. The highest BCUT2D eigenvalue weighted by Gasteiger charge is 2.36. The van der Waals surface area contributed by atoms with Gasteiger partial charge in [0.1, 0.15) is 13.5 Å². The molecule has 1 aromatic rings.